The fraction of sp³-hybridized carbons (Fsp3) is 0.353. The highest BCUT2D eigenvalue weighted by Crippen LogP contribution is 2.22. The second-order valence-corrected chi connectivity index (χ2v) is 6.88. The van der Waals surface area contributed by atoms with Crippen LogP contribution in [0.1, 0.15) is 23.2 Å². The Morgan fingerprint density at radius 2 is 2.12 bits per heavy atom. The molecule has 1 aliphatic heterocycles. The number of primary amides is 1. The number of hydrogen-bond donors (Lipinski definition) is 3. The van der Waals surface area contributed by atoms with Crippen molar-refractivity contribution in [2.45, 2.75) is 24.7 Å². The van der Waals surface area contributed by atoms with Gasteiger partial charge in [-0.2, -0.15) is 4.98 Å². The Morgan fingerprint density at radius 1 is 1.32 bits per heavy atom. The van der Waals surface area contributed by atoms with Gasteiger partial charge in [0.2, 0.25) is 11.9 Å². The maximum atomic E-state index is 11.3. The van der Waals surface area contributed by atoms with Crippen molar-refractivity contribution in [3.63, 3.8) is 0 Å². The normalized spacial score (nSPS) is 14.8. The van der Waals surface area contributed by atoms with Crippen molar-refractivity contribution in [1.29, 1.82) is 0 Å². The average molecular weight is 353 g/mol. The highest BCUT2D eigenvalue weighted by Gasteiger charge is 2.20. The van der Waals surface area contributed by atoms with Gasteiger partial charge >= 0.3 is 15.4 Å². The number of amides is 1. The molecule has 2 aromatic rings. The topological polar surface area (TPSA) is 96.2 Å². The molecule has 0 saturated carbocycles. The molecule has 1 aromatic carbocycles. The number of anilines is 3. The summed E-state index contributed by atoms with van der Waals surface area (Å²) in [6, 6.07) is 9.74. The Bertz CT molecular complexity index is 733. The molecule has 0 bridgehead atoms. The Balaban J connectivity index is 1.58. The predicted molar refractivity (Wildman–Crippen MR) is 101 cm³/mol. The molecule has 0 atom stereocenters. The summed E-state index contributed by atoms with van der Waals surface area (Å²) in [4.78, 5) is 22.4. The minimum Gasteiger partial charge on any atom is -0.467 e. The monoisotopic (exact) mass is 353 g/mol. The van der Waals surface area contributed by atoms with E-state index in [1.54, 1.807) is 12.3 Å². The van der Waals surface area contributed by atoms with Crippen LogP contribution < -0.4 is 20.3 Å². The maximum absolute atomic E-state index is 11.3. The van der Waals surface area contributed by atoms with E-state index in [2.05, 4.69) is 30.3 Å². The van der Waals surface area contributed by atoms with Gasteiger partial charge < -0.3 is 20.3 Å². The van der Waals surface area contributed by atoms with E-state index in [1.807, 2.05) is 24.3 Å². The van der Waals surface area contributed by atoms with E-state index in [0.29, 0.717) is 17.6 Å². The van der Waals surface area contributed by atoms with Gasteiger partial charge in [0, 0.05) is 36.6 Å². The molecule has 25 heavy (non-hydrogen) atoms. The number of piperidine rings is 1. The smallest absolute Gasteiger partial charge is 0.365 e. The average Bonchev–Trinajstić information content (AvgIpc) is 2.63. The van der Waals surface area contributed by atoms with Gasteiger partial charge in [0.1, 0.15) is 5.82 Å². The zero-order valence-electron chi connectivity index (χ0n) is 14.3. The molecule has 4 N–H and O–H groups in total. The minimum absolute atomic E-state index is 0.162. The van der Waals surface area contributed by atoms with E-state index in [9.17, 15) is 4.79 Å². The Morgan fingerprint density at radius 3 is 2.84 bits per heavy atom. The lowest BCUT2D eigenvalue weighted by atomic mass is 10.0. The van der Waals surface area contributed by atoms with Crippen molar-refractivity contribution < 1.29 is 4.79 Å². The predicted octanol–water partition coefficient (Wildman–Crippen LogP) is 1.74. The highest BCUT2D eigenvalue weighted by atomic mass is 27.1. The first-order chi connectivity index (χ1) is 12.2. The lowest BCUT2D eigenvalue weighted by Crippen LogP contribution is -2.39. The zero-order valence-corrected chi connectivity index (χ0v) is 15.4. The standard InChI is InChI=1S/C16H20N6O.CH3.Al/c17-14-4-7-19-16(21-14)20-12-5-8-22(9-6-12)13-3-1-2-11(10-13)15(18)23;;/h1-4,7,10,12H,5-6,8-9H2,(H5,17,18,19,20,21,23);1H3;/q;;+1/p-1. The first kappa shape index (κ1) is 17.5. The first-order valence-corrected chi connectivity index (χ1v) is 10.2. The van der Waals surface area contributed by atoms with Gasteiger partial charge in [-0.3, -0.25) is 4.79 Å². The van der Waals surface area contributed by atoms with E-state index in [0.717, 1.165) is 37.4 Å². The summed E-state index contributed by atoms with van der Waals surface area (Å²) in [6.45, 7) is 1.83. The van der Waals surface area contributed by atoms with Gasteiger partial charge in [0.15, 0.2) is 0 Å². The number of nitrogens with zero attached hydrogens (tertiary/aromatic N) is 3. The largest absolute Gasteiger partial charge is 0.467 e. The van der Waals surface area contributed by atoms with Gasteiger partial charge in [0.25, 0.3) is 0 Å². The number of hydrogen-bond acceptors (Lipinski definition) is 6. The third-order valence-electron chi connectivity index (χ3n) is 4.27. The molecule has 0 unspecified atom stereocenters. The third-order valence-corrected chi connectivity index (χ3v) is 4.86. The molecule has 1 aromatic heterocycles. The summed E-state index contributed by atoms with van der Waals surface area (Å²) in [5, 5.41) is 3.43. The number of rotatable bonds is 6. The van der Waals surface area contributed by atoms with Crippen LogP contribution in [0.2, 0.25) is 5.79 Å². The van der Waals surface area contributed by atoms with E-state index in [-0.39, 0.29) is 15.4 Å². The van der Waals surface area contributed by atoms with Gasteiger partial charge in [0.05, 0.1) is 0 Å². The highest BCUT2D eigenvalue weighted by molar-refractivity contribution is 6.38. The molecule has 3 rings (SSSR count). The molecule has 1 amide bonds. The molecule has 7 nitrogen and oxygen atoms in total. The Labute approximate surface area is 154 Å². The number of nitrogens with two attached hydrogens (primary N) is 1. The van der Waals surface area contributed by atoms with E-state index in [4.69, 9.17) is 5.73 Å². The number of carbonyl (C=O) groups excluding carboxylic acids is 1. The number of benzene rings is 1. The van der Waals surface area contributed by atoms with Crippen LogP contribution in [0.4, 0.5) is 17.5 Å². The molecular formula is C17H22AlN6O. The lowest BCUT2D eigenvalue weighted by Gasteiger charge is -2.34. The van der Waals surface area contributed by atoms with E-state index >= 15 is 0 Å². The number of carbonyl (C=O) groups is 1. The van der Waals surface area contributed by atoms with E-state index < -0.39 is 5.91 Å². The van der Waals surface area contributed by atoms with Crippen molar-refractivity contribution in [3.05, 3.63) is 42.1 Å². The molecule has 2 heterocycles. The molecule has 8 heteroatoms. The Hall–Kier alpha value is -2.30. The summed E-state index contributed by atoms with van der Waals surface area (Å²) >= 11 is 0.162. The van der Waals surface area contributed by atoms with Crippen LogP contribution in [0, 0.1) is 0 Å². The second-order valence-electron chi connectivity index (χ2n) is 6.02. The minimum atomic E-state index is -0.391. The molecule has 0 spiro atoms. The van der Waals surface area contributed by atoms with Crippen molar-refractivity contribution in [2.24, 2.45) is 5.73 Å². The summed E-state index contributed by atoms with van der Waals surface area (Å²) < 4.78 is 3.27. The van der Waals surface area contributed by atoms with Crippen LogP contribution in [-0.2, 0) is 0 Å². The lowest BCUT2D eigenvalue weighted by molar-refractivity contribution is 0.100. The van der Waals surface area contributed by atoms with E-state index in [1.165, 1.54) is 0 Å². The van der Waals surface area contributed by atoms with Gasteiger partial charge in [-0.1, -0.05) is 11.9 Å². The summed E-state index contributed by atoms with van der Waals surface area (Å²) in [5.41, 5.74) is 6.96. The fourth-order valence-corrected chi connectivity index (χ4v) is 3.43. The molecule has 129 valence electrons. The number of nitrogens with one attached hydrogen (secondary N) is 2. The number of aromatic nitrogens is 2. The van der Waals surface area contributed by atoms with Crippen LogP contribution >= 0.6 is 0 Å². The maximum Gasteiger partial charge on any atom is 0.365 e. The molecule has 0 aliphatic carbocycles. The summed E-state index contributed by atoms with van der Waals surface area (Å²) in [5.74, 6) is 3.28. The van der Waals surface area contributed by atoms with Crippen LogP contribution in [0.5, 0.6) is 0 Å². The quantitative estimate of drug-likeness (QED) is 0.685. The van der Waals surface area contributed by atoms with Crippen molar-refractivity contribution in [2.75, 3.05) is 27.6 Å². The summed E-state index contributed by atoms with van der Waals surface area (Å²) in [7, 11) is 0. The van der Waals surface area contributed by atoms with Crippen molar-refractivity contribution in [3.8, 4) is 0 Å². The van der Waals surface area contributed by atoms with Crippen molar-refractivity contribution >= 4 is 38.8 Å². The zero-order chi connectivity index (χ0) is 17.6. The van der Waals surface area contributed by atoms with Gasteiger partial charge in [-0.15, -0.1) is 0 Å². The third kappa shape index (κ3) is 4.62. The van der Waals surface area contributed by atoms with Gasteiger partial charge in [-0.25, -0.2) is 4.98 Å². The molecular weight excluding hydrogens is 331 g/mol. The fourth-order valence-electron chi connectivity index (χ4n) is 2.98. The molecule has 1 radical (unpaired) electrons. The van der Waals surface area contributed by atoms with Crippen LogP contribution in [-0.4, -0.2) is 50.4 Å². The van der Waals surface area contributed by atoms with Gasteiger partial charge in [-0.05, 0) is 37.1 Å². The van der Waals surface area contributed by atoms with Crippen LogP contribution in [0.25, 0.3) is 0 Å². The Kier molecular flexibility index (Phi) is 5.74. The molecule has 1 aliphatic rings. The molecule has 1 fully saturated rings. The second kappa shape index (κ2) is 8.19. The van der Waals surface area contributed by atoms with Crippen LogP contribution in [0.15, 0.2) is 36.5 Å². The van der Waals surface area contributed by atoms with Crippen molar-refractivity contribution in [1.82, 2.24) is 9.97 Å². The van der Waals surface area contributed by atoms with Crippen LogP contribution in [0.3, 0.4) is 0 Å². The first-order valence-electron chi connectivity index (χ1n) is 8.44. The molecule has 1 saturated heterocycles. The summed E-state index contributed by atoms with van der Waals surface area (Å²) in [6.07, 6.45) is 3.75. The SMILES string of the molecule is [CH3][Al][NH]c1ccnc(NC2CCN(c3cccc(C(N)=O)c3)CC2)n1.